The van der Waals surface area contributed by atoms with Gasteiger partial charge in [-0.2, -0.15) is 13.2 Å². The van der Waals surface area contributed by atoms with Crippen molar-refractivity contribution in [1.82, 2.24) is 9.62 Å². The van der Waals surface area contributed by atoms with Crippen molar-refractivity contribution in [2.24, 2.45) is 5.92 Å². The summed E-state index contributed by atoms with van der Waals surface area (Å²) in [5, 5.41) is -0.00410. The van der Waals surface area contributed by atoms with E-state index in [0.717, 1.165) is 23.8 Å². The molecule has 40 heavy (non-hydrogen) atoms. The molecule has 1 aliphatic heterocycles. The van der Waals surface area contributed by atoms with Gasteiger partial charge in [0.1, 0.15) is 6.04 Å². The highest BCUT2D eigenvalue weighted by molar-refractivity contribution is 7.92. The first-order valence-corrected chi connectivity index (χ1v) is 16.4. The maximum absolute atomic E-state index is 13.5. The largest absolute Gasteiger partial charge is 0.416 e. The van der Waals surface area contributed by atoms with Gasteiger partial charge in [0.25, 0.3) is 0 Å². The third-order valence-corrected chi connectivity index (χ3v) is 12.7. The Bertz CT molecular complexity index is 1450. The minimum absolute atomic E-state index is 0.122. The number of carbonyl (C=O) groups is 1. The first-order chi connectivity index (χ1) is 18.5. The Morgan fingerprint density at radius 3 is 2.15 bits per heavy atom. The predicted molar refractivity (Wildman–Crippen MR) is 146 cm³/mol. The maximum atomic E-state index is 13.5. The molecular formula is C27H32ClF3N2O5S2. The lowest BCUT2D eigenvalue weighted by molar-refractivity contribution is -0.137. The van der Waals surface area contributed by atoms with Gasteiger partial charge >= 0.3 is 6.18 Å². The number of piperidine rings is 1. The zero-order valence-corrected chi connectivity index (χ0v) is 24.5. The number of hydrogen-bond acceptors (Lipinski definition) is 5. The van der Waals surface area contributed by atoms with Crippen LogP contribution in [0.4, 0.5) is 13.2 Å². The summed E-state index contributed by atoms with van der Waals surface area (Å²) in [5.41, 5.74) is -0.311. The minimum Gasteiger partial charge on any atom is -0.341 e. The number of likely N-dealkylation sites (tertiary alicyclic amines) is 1. The highest BCUT2D eigenvalue weighted by Gasteiger charge is 2.46. The number of amides is 1. The summed E-state index contributed by atoms with van der Waals surface area (Å²) in [7, 11) is -7.83. The van der Waals surface area contributed by atoms with Gasteiger partial charge in [-0.25, -0.2) is 21.6 Å². The van der Waals surface area contributed by atoms with E-state index in [9.17, 15) is 34.8 Å². The van der Waals surface area contributed by atoms with E-state index in [2.05, 4.69) is 4.72 Å². The summed E-state index contributed by atoms with van der Waals surface area (Å²) in [6, 6.07) is 9.46. The van der Waals surface area contributed by atoms with Crippen molar-refractivity contribution in [3.05, 3.63) is 64.7 Å². The molecule has 1 N–H and O–H groups in total. The van der Waals surface area contributed by atoms with E-state index in [4.69, 9.17) is 11.6 Å². The SMILES string of the molecule is CC(C)(C1CCN(C(=O)C(Cc2ccc(Cl)cc2)NS(=O)(=O)C2CC2)CC1)S(=O)(=O)c1cccc(C(F)(F)F)c1. The molecule has 0 radical (unpaired) electrons. The molecule has 1 amide bonds. The van der Waals surface area contributed by atoms with E-state index in [1.54, 1.807) is 24.3 Å². The molecule has 220 valence electrons. The zero-order chi connectivity index (χ0) is 29.5. The summed E-state index contributed by atoms with van der Waals surface area (Å²) in [6.07, 6.45) is -2.89. The molecule has 2 aliphatic rings. The number of nitrogens with zero attached hydrogens (tertiary/aromatic N) is 1. The highest BCUT2D eigenvalue weighted by atomic mass is 35.5. The van der Waals surface area contributed by atoms with Crippen LogP contribution in [0, 0.1) is 5.92 Å². The normalized spacial score (nSPS) is 18.5. The maximum Gasteiger partial charge on any atom is 0.416 e. The summed E-state index contributed by atoms with van der Waals surface area (Å²) in [5.74, 6) is -0.842. The molecule has 13 heteroatoms. The van der Waals surface area contributed by atoms with Crippen molar-refractivity contribution in [2.45, 2.75) is 73.1 Å². The minimum atomic E-state index is -4.68. The molecule has 2 fully saturated rings. The van der Waals surface area contributed by atoms with Crippen LogP contribution in [-0.2, 0) is 37.3 Å². The molecule has 2 aromatic rings. The number of sulfonamides is 1. The Balaban J connectivity index is 1.48. The number of halogens is 4. The monoisotopic (exact) mass is 620 g/mol. The molecule has 0 bridgehead atoms. The van der Waals surface area contributed by atoms with Crippen molar-refractivity contribution in [1.29, 1.82) is 0 Å². The van der Waals surface area contributed by atoms with Gasteiger partial charge in [-0.1, -0.05) is 29.8 Å². The van der Waals surface area contributed by atoms with Gasteiger partial charge in [0.2, 0.25) is 15.9 Å². The molecule has 7 nitrogen and oxygen atoms in total. The second-order valence-corrected chi connectivity index (χ2v) is 15.9. The number of alkyl halides is 3. The highest BCUT2D eigenvalue weighted by Crippen LogP contribution is 2.39. The first kappa shape index (κ1) is 30.8. The predicted octanol–water partition coefficient (Wildman–Crippen LogP) is 4.84. The molecular weight excluding hydrogens is 589 g/mol. The lowest BCUT2D eigenvalue weighted by Gasteiger charge is -2.41. The fourth-order valence-electron chi connectivity index (χ4n) is 5.09. The second-order valence-electron chi connectivity index (χ2n) is 11.0. The molecule has 1 saturated heterocycles. The van der Waals surface area contributed by atoms with Crippen LogP contribution in [0.5, 0.6) is 0 Å². The number of benzene rings is 2. The quantitative estimate of drug-likeness (QED) is 0.432. The van der Waals surface area contributed by atoms with Crippen LogP contribution < -0.4 is 4.72 Å². The van der Waals surface area contributed by atoms with E-state index in [1.165, 1.54) is 18.7 Å². The number of hydrogen-bond donors (Lipinski definition) is 1. The van der Waals surface area contributed by atoms with Crippen molar-refractivity contribution in [2.75, 3.05) is 13.1 Å². The Morgan fingerprint density at radius 2 is 1.60 bits per heavy atom. The Kier molecular flexibility index (Phi) is 8.67. The van der Waals surface area contributed by atoms with Crippen LogP contribution in [0.15, 0.2) is 53.4 Å². The lowest BCUT2D eigenvalue weighted by Crippen LogP contribution is -2.54. The first-order valence-electron chi connectivity index (χ1n) is 13.0. The van der Waals surface area contributed by atoms with E-state index >= 15 is 0 Å². The van der Waals surface area contributed by atoms with Gasteiger partial charge in [0, 0.05) is 18.1 Å². The van der Waals surface area contributed by atoms with Crippen LogP contribution in [0.25, 0.3) is 0 Å². The summed E-state index contributed by atoms with van der Waals surface area (Å²) in [6.45, 7) is 3.37. The van der Waals surface area contributed by atoms with E-state index < -0.39 is 64.4 Å². The average molecular weight is 621 g/mol. The number of rotatable bonds is 9. The van der Waals surface area contributed by atoms with Crippen LogP contribution in [0.1, 0.15) is 50.7 Å². The molecule has 0 aromatic heterocycles. The smallest absolute Gasteiger partial charge is 0.341 e. The summed E-state index contributed by atoms with van der Waals surface area (Å²) < 4.78 is 93.2. The Morgan fingerprint density at radius 1 is 1.00 bits per heavy atom. The van der Waals surface area contributed by atoms with Gasteiger partial charge in [-0.05, 0) is 87.8 Å². The molecule has 0 spiro atoms. The van der Waals surface area contributed by atoms with E-state index in [-0.39, 0.29) is 19.5 Å². The summed E-state index contributed by atoms with van der Waals surface area (Å²) >= 11 is 5.96. The van der Waals surface area contributed by atoms with Gasteiger partial charge in [-0.3, -0.25) is 4.79 Å². The van der Waals surface area contributed by atoms with Crippen LogP contribution >= 0.6 is 11.6 Å². The summed E-state index contributed by atoms with van der Waals surface area (Å²) in [4.78, 5) is 14.7. The average Bonchev–Trinajstić information content (AvgIpc) is 3.75. The van der Waals surface area contributed by atoms with Crippen molar-refractivity contribution in [3.8, 4) is 0 Å². The van der Waals surface area contributed by atoms with Gasteiger partial charge in [0.15, 0.2) is 9.84 Å². The van der Waals surface area contributed by atoms with Crippen LogP contribution in [-0.4, -0.2) is 56.8 Å². The van der Waals surface area contributed by atoms with E-state index in [1.807, 2.05) is 0 Å². The van der Waals surface area contributed by atoms with Gasteiger partial charge < -0.3 is 4.90 Å². The third-order valence-electron chi connectivity index (χ3n) is 7.87. The van der Waals surface area contributed by atoms with Crippen molar-refractivity contribution < 1.29 is 34.8 Å². The van der Waals surface area contributed by atoms with E-state index in [0.29, 0.717) is 36.8 Å². The number of sulfone groups is 1. The van der Waals surface area contributed by atoms with Crippen LogP contribution in [0.2, 0.25) is 5.02 Å². The second kappa shape index (κ2) is 11.3. The molecule has 1 aliphatic carbocycles. The lowest BCUT2D eigenvalue weighted by atomic mass is 9.85. The zero-order valence-electron chi connectivity index (χ0n) is 22.1. The van der Waals surface area contributed by atoms with Crippen molar-refractivity contribution >= 4 is 37.4 Å². The van der Waals surface area contributed by atoms with Crippen molar-refractivity contribution in [3.63, 3.8) is 0 Å². The molecule has 1 heterocycles. The topological polar surface area (TPSA) is 101 Å². The standard InChI is InChI=1S/C27H32ClF3N2O5S2/c1-26(2,39(35,36)23-5-3-4-20(17-23)27(29,30)31)19-12-14-33(15-13-19)25(34)24(32-40(37,38)22-10-11-22)16-18-6-8-21(28)9-7-18/h3-9,17,19,22,24,32H,10-16H2,1-2H3. The van der Waals surface area contributed by atoms with Gasteiger partial charge in [-0.15, -0.1) is 0 Å². The Labute approximate surface area is 238 Å². The molecule has 1 unspecified atom stereocenters. The molecule has 1 atom stereocenters. The third kappa shape index (κ3) is 6.66. The fraction of sp³-hybridized carbons (Fsp3) is 0.519. The number of nitrogens with one attached hydrogen (secondary N) is 1. The molecule has 2 aromatic carbocycles. The fourth-order valence-corrected chi connectivity index (χ4v) is 8.56. The molecule has 1 saturated carbocycles. The van der Waals surface area contributed by atoms with Gasteiger partial charge in [0.05, 0.1) is 20.5 Å². The number of carbonyl (C=O) groups excluding carboxylic acids is 1. The Hall–Kier alpha value is -2.15. The molecule has 4 rings (SSSR count). The van der Waals surface area contributed by atoms with Crippen LogP contribution in [0.3, 0.4) is 0 Å².